The number of anilines is 1. The molecule has 1 unspecified atom stereocenters. The summed E-state index contributed by atoms with van der Waals surface area (Å²) in [5.41, 5.74) is 1.27. The van der Waals surface area contributed by atoms with Crippen LogP contribution in [-0.2, 0) is 9.53 Å². The van der Waals surface area contributed by atoms with Gasteiger partial charge < -0.3 is 20.3 Å². The molecule has 12 heteroatoms. The van der Waals surface area contributed by atoms with E-state index in [9.17, 15) is 23.2 Å². The van der Waals surface area contributed by atoms with Crippen LogP contribution in [0.1, 0.15) is 24.9 Å². The van der Waals surface area contributed by atoms with Crippen LogP contribution in [0.4, 0.5) is 24.1 Å². The van der Waals surface area contributed by atoms with E-state index >= 15 is 0 Å². The van der Waals surface area contributed by atoms with Gasteiger partial charge in [0.2, 0.25) is 0 Å². The highest BCUT2D eigenvalue weighted by Gasteiger charge is 2.42. The highest BCUT2D eigenvalue weighted by molar-refractivity contribution is 6.30. The molecule has 2 aliphatic rings. The third-order valence-electron chi connectivity index (χ3n) is 6.82. The fourth-order valence-corrected chi connectivity index (χ4v) is 4.91. The topological polar surface area (TPSA) is 94.2 Å². The van der Waals surface area contributed by atoms with E-state index in [1.807, 2.05) is 24.3 Å². The minimum absolute atomic E-state index is 0.0530. The second-order valence-corrected chi connectivity index (χ2v) is 9.73. The molecule has 0 aliphatic carbocycles. The van der Waals surface area contributed by atoms with Crippen molar-refractivity contribution in [3.8, 4) is 0 Å². The van der Waals surface area contributed by atoms with Gasteiger partial charge in [-0.3, -0.25) is 4.90 Å². The number of carbonyl (C=O) groups is 3. The molecule has 39 heavy (non-hydrogen) atoms. The van der Waals surface area contributed by atoms with Crippen molar-refractivity contribution in [1.29, 1.82) is 0 Å². The molecule has 1 atom stereocenters. The second-order valence-electron chi connectivity index (χ2n) is 9.30. The van der Waals surface area contributed by atoms with Crippen molar-refractivity contribution in [1.82, 2.24) is 20.4 Å². The Morgan fingerprint density at radius 1 is 1.08 bits per heavy atom. The van der Waals surface area contributed by atoms with Gasteiger partial charge in [0.05, 0.1) is 12.7 Å². The molecule has 208 valence electrons. The molecule has 9 nitrogen and oxygen atoms in total. The first-order valence-corrected chi connectivity index (χ1v) is 12.9. The number of rotatable bonds is 7. The summed E-state index contributed by atoms with van der Waals surface area (Å²) in [6, 6.07) is 7.83. The first-order valence-electron chi connectivity index (χ1n) is 12.5. The molecule has 1 fully saturated rings. The predicted molar refractivity (Wildman–Crippen MR) is 142 cm³/mol. The van der Waals surface area contributed by atoms with E-state index < -0.39 is 35.7 Å². The van der Waals surface area contributed by atoms with Crippen molar-refractivity contribution in [2.24, 2.45) is 0 Å². The van der Waals surface area contributed by atoms with Crippen LogP contribution in [0.25, 0.3) is 0 Å². The number of benzene rings is 2. The van der Waals surface area contributed by atoms with E-state index in [0.717, 1.165) is 62.6 Å². The fourth-order valence-electron chi connectivity index (χ4n) is 4.79. The summed E-state index contributed by atoms with van der Waals surface area (Å²) in [4.78, 5) is 44.0. The summed E-state index contributed by atoms with van der Waals surface area (Å²) in [6.07, 6.45) is 0.622. The lowest BCUT2D eigenvalue weighted by Gasteiger charge is -2.37. The maximum absolute atomic E-state index is 14.1. The number of ether oxygens (including phenoxy) is 1. The maximum Gasteiger partial charge on any atom is 0.337 e. The highest BCUT2D eigenvalue weighted by atomic mass is 35.5. The Morgan fingerprint density at radius 2 is 1.77 bits per heavy atom. The van der Waals surface area contributed by atoms with Gasteiger partial charge in [-0.05, 0) is 61.9 Å². The summed E-state index contributed by atoms with van der Waals surface area (Å²) in [7, 11) is 1.15. The number of halogens is 3. The Bertz CT molecular complexity index is 1270. The zero-order valence-electron chi connectivity index (χ0n) is 21.7. The van der Waals surface area contributed by atoms with Crippen LogP contribution in [0.15, 0.2) is 53.7 Å². The Kier molecular flexibility index (Phi) is 9.03. The third-order valence-corrected chi connectivity index (χ3v) is 7.08. The summed E-state index contributed by atoms with van der Waals surface area (Å²) in [5.74, 6) is -3.07. The summed E-state index contributed by atoms with van der Waals surface area (Å²) in [6.45, 7) is 5.91. The van der Waals surface area contributed by atoms with E-state index in [1.54, 1.807) is 0 Å². The van der Waals surface area contributed by atoms with Gasteiger partial charge in [0, 0.05) is 49.1 Å². The number of urea groups is 2. The van der Waals surface area contributed by atoms with Crippen LogP contribution in [0.2, 0.25) is 5.02 Å². The van der Waals surface area contributed by atoms with Crippen molar-refractivity contribution < 1.29 is 27.9 Å². The molecule has 4 amide bonds. The van der Waals surface area contributed by atoms with Crippen LogP contribution in [0.5, 0.6) is 0 Å². The molecule has 2 heterocycles. The fraction of sp³-hybridized carbons (Fsp3) is 0.370. The molecular weight excluding hydrogens is 532 g/mol. The normalized spacial score (nSPS) is 18.2. The average Bonchev–Trinajstić information content (AvgIpc) is 2.92. The Labute approximate surface area is 230 Å². The molecule has 0 spiro atoms. The number of hydrogen-bond acceptors (Lipinski definition) is 6. The largest absolute Gasteiger partial charge is 0.466 e. The Hall–Kier alpha value is -3.70. The van der Waals surface area contributed by atoms with E-state index in [4.69, 9.17) is 16.3 Å². The number of methoxy groups -OCH3 is 1. The van der Waals surface area contributed by atoms with E-state index in [-0.39, 0.29) is 23.4 Å². The van der Waals surface area contributed by atoms with Gasteiger partial charge in [0.15, 0.2) is 11.6 Å². The van der Waals surface area contributed by atoms with Crippen LogP contribution < -0.4 is 15.5 Å². The molecule has 2 aliphatic heterocycles. The second kappa shape index (κ2) is 12.4. The van der Waals surface area contributed by atoms with Gasteiger partial charge in [0.25, 0.3) is 0 Å². The Balaban J connectivity index is 1.37. The molecule has 2 N–H and O–H groups in total. The monoisotopic (exact) mass is 561 g/mol. The minimum atomic E-state index is -1.30. The molecule has 2 aromatic rings. The first kappa shape index (κ1) is 28.3. The molecule has 2 aromatic carbocycles. The number of amides is 4. The zero-order chi connectivity index (χ0) is 28.1. The van der Waals surface area contributed by atoms with Gasteiger partial charge in [-0.1, -0.05) is 17.7 Å². The summed E-state index contributed by atoms with van der Waals surface area (Å²) < 4.78 is 32.6. The van der Waals surface area contributed by atoms with Crippen molar-refractivity contribution in [2.75, 3.05) is 51.3 Å². The summed E-state index contributed by atoms with van der Waals surface area (Å²) >= 11 is 5.98. The Morgan fingerprint density at radius 3 is 2.41 bits per heavy atom. The lowest BCUT2D eigenvalue weighted by Crippen LogP contribution is -2.54. The molecule has 0 saturated carbocycles. The third kappa shape index (κ3) is 6.48. The SMILES string of the molecule is COC(=O)C1=C(C)NC(=O)N(C(=O)NCCCN2CCN(c3ccc(Cl)cc3)CC2)C1c1ccc(F)c(F)c1. The van der Waals surface area contributed by atoms with Crippen molar-refractivity contribution in [3.05, 3.63) is 76.0 Å². The minimum Gasteiger partial charge on any atom is -0.466 e. The predicted octanol–water partition coefficient (Wildman–Crippen LogP) is 4.05. The highest BCUT2D eigenvalue weighted by Crippen LogP contribution is 2.35. The standard InChI is InChI=1S/C27H30ClF2N5O4/c1-17-23(25(36)39-2)24(18-4-9-21(29)22(30)16-18)35(27(38)32-17)26(37)31-10-3-11-33-12-14-34(15-13-33)20-7-5-19(28)6-8-20/h4-9,16,24H,3,10-15H2,1-2H3,(H,31,37)(H,32,38). The number of esters is 1. The average molecular weight is 562 g/mol. The quantitative estimate of drug-likeness (QED) is 0.391. The van der Waals surface area contributed by atoms with Crippen molar-refractivity contribution >= 4 is 35.3 Å². The smallest absolute Gasteiger partial charge is 0.337 e. The van der Waals surface area contributed by atoms with E-state index in [1.165, 1.54) is 13.0 Å². The van der Waals surface area contributed by atoms with Gasteiger partial charge in [-0.2, -0.15) is 0 Å². The van der Waals surface area contributed by atoms with E-state index in [2.05, 4.69) is 20.4 Å². The number of imide groups is 1. The number of allylic oxidation sites excluding steroid dienone is 1. The molecule has 0 bridgehead atoms. The number of piperazine rings is 1. The lowest BCUT2D eigenvalue weighted by atomic mass is 9.94. The van der Waals surface area contributed by atoms with Crippen LogP contribution in [0, 0.1) is 11.6 Å². The van der Waals surface area contributed by atoms with Gasteiger partial charge in [-0.15, -0.1) is 0 Å². The maximum atomic E-state index is 14.1. The number of nitrogens with zero attached hydrogens (tertiary/aromatic N) is 3. The number of hydrogen-bond donors (Lipinski definition) is 2. The van der Waals surface area contributed by atoms with Gasteiger partial charge in [-0.25, -0.2) is 28.1 Å². The first-order chi connectivity index (χ1) is 18.7. The van der Waals surface area contributed by atoms with Crippen LogP contribution in [0.3, 0.4) is 0 Å². The van der Waals surface area contributed by atoms with Crippen LogP contribution in [-0.4, -0.2) is 74.2 Å². The van der Waals surface area contributed by atoms with Crippen molar-refractivity contribution in [3.63, 3.8) is 0 Å². The number of carbonyl (C=O) groups excluding carboxylic acids is 3. The van der Waals surface area contributed by atoms with Gasteiger partial charge >= 0.3 is 18.0 Å². The van der Waals surface area contributed by atoms with Gasteiger partial charge in [0.1, 0.15) is 6.04 Å². The summed E-state index contributed by atoms with van der Waals surface area (Å²) in [5, 5.41) is 5.89. The zero-order valence-corrected chi connectivity index (χ0v) is 22.4. The molecule has 0 aromatic heterocycles. The molecule has 4 rings (SSSR count). The number of nitrogens with one attached hydrogen (secondary N) is 2. The molecule has 1 saturated heterocycles. The molecule has 0 radical (unpaired) electrons. The van der Waals surface area contributed by atoms with Crippen molar-refractivity contribution in [2.45, 2.75) is 19.4 Å². The van der Waals surface area contributed by atoms with Crippen LogP contribution >= 0.6 is 11.6 Å². The van der Waals surface area contributed by atoms with E-state index in [0.29, 0.717) is 11.4 Å². The molecular formula is C27H30ClF2N5O4. The lowest BCUT2D eigenvalue weighted by molar-refractivity contribution is -0.136.